The molecular formula is C13H16N2O5S. The van der Waals surface area contributed by atoms with Crippen LogP contribution < -0.4 is 10.6 Å². The Balaban J connectivity index is 2.32. The maximum Gasteiger partial charge on any atom is 0.333 e. The van der Waals surface area contributed by atoms with Crippen LogP contribution in [0.25, 0.3) is 0 Å². The molecule has 1 rings (SSSR count). The number of esters is 1. The van der Waals surface area contributed by atoms with Gasteiger partial charge in [0.15, 0.2) is 11.1 Å². The summed E-state index contributed by atoms with van der Waals surface area (Å²) in [6.45, 7) is 5.16. The molecule has 0 aliphatic heterocycles. The lowest BCUT2D eigenvalue weighted by Gasteiger charge is -2.08. The van der Waals surface area contributed by atoms with Crippen LogP contribution in [0.1, 0.15) is 6.92 Å². The van der Waals surface area contributed by atoms with E-state index < -0.39 is 23.1 Å². The minimum Gasteiger partial charge on any atom is -0.460 e. The molecule has 21 heavy (non-hydrogen) atoms. The number of hydrogen-bond acceptors (Lipinski definition) is 4. The molecule has 1 aromatic carbocycles. The highest BCUT2D eigenvalue weighted by Gasteiger charge is 2.05. The van der Waals surface area contributed by atoms with Crippen molar-refractivity contribution in [1.82, 2.24) is 5.32 Å². The summed E-state index contributed by atoms with van der Waals surface area (Å²) >= 11 is -2.05. The monoisotopic (exact) mass is 312 g/mol. The van der Waals surface area contributed by atoms with Gasteiger partial charge in [0.2, 0.25) is 0 Å². The fraction of sp³-hybridized carbons (Fsp3) is 0.231. The van der Waals surface area contributed by atoms with Crippen LogP contribution in [-0.2, 0) is 20.6 Å². The third-order valence-corrected chi connectivity index (χ3v) is 2.96. The van der Waals surface area contributed by atoms with Crippen molar-refractivity contribution in [3.8, 4) is 0 Å². The average Bonchev–Trinajstić information content (AvgIpc) is 2.43. The first-order chi connectivity index (χ1) is 9.90. The summed E-state index contributed by atoms with van der Waals surface area (Å²) in [5.74, 6) is -0.509. The van der Waals surface area contributed by atoms with Gasteiger partial charge in [-0.05, 0) is 31.2 Å². The number of nitrogens with one attached hydrogen (secondary N) is 2. The fourth-order valence-corrected chi connectivity index (χ4v) is 1.63. The Kier molecular flexibility index (Phi) is 6.57. The molecule has 114 valence electrons. The largest absolute Gasteiger partial charge is 0.460 e. The number of benzene rings is 1. The highest BCUT2D eigenvalue weighted by atomic mass is 32.2. The zero-order valence-electron chi connectivity index (χ0n) is 11.4. The van der Waals surface area contributed by atoms with E-state index in [9.17, 15) is 13.8 Å². The van der Waals surface area contributed by atoms with E-state index in [1.165, 1.54) is 31.2 Å². The van der Waals surface area contributed by atoms with Gasteiger partial charge in [-0.15, -0.1) is 0 Å². The quantitative estimate of drug-likeness (QED) is 0.319. The van der Waals surface area contributed by atoms with E-state index in [1.54, 1.807) is 0 Å². The molecule has 2 amide bonds. The zero-order valence-corrected chi connectivity index (χ0v) is 12.2. The number of amides is 2. The molecule has 7 nitrogen and oxygen atoms in total. The topological polar surface area (TPSA) is 105 Å². The van der Waals surface area contributed by atoms with Crippen LogP contribution in [0.5, 0.6) is 0 Å². The second kappa shape index (κ2) is 8.18. The fourth-order valence-electron chi connectivity index (χ4n) is 1.26. The molecular weight excluding hydrogens is 296 g/mol. The van der Waals surface area contributed by atoms with Gasteiger partial charge in [0.05, 0.1) is 11.4 Å². The minimum atomic E-state index is -2.05. The van der Waals surface area contributed by atoms with Crippen molar-refractivity contribution >= 4 is 28.8 Å². The van der Waals surface area contributed by atoms with Crippen molar-refractivity contribution in [3.63, 3.8) is 0 Å². The molecule has 0 aliphatic rings. The summed E-state index contributed by atoms with van der Waals surface area (Å²) in [6.07, 6.45) is 0. The molecule has 1 aromatic rings. The highest BCUT2D eigenvalue weighted by Crippen LogP contribution is 2.11. The molecule has 0 radical (unpaired) electrons. The van der Waals surface area contributed by atoms with Gasteiger partial charge in [0.1, 0.15) is 6.61 Å². The molecule has 0 aromatic heterocycles. The Bertz CT molecular complexity index is 556. The number of hydrogen-bond donors (Lipinski definition) is 3. The summed E-state index contributed by atoms with van der Waals surface area (Å²) in [5.41, 5.74) is 0.765. The normalized spacial score (nSPS) is 11.3. The van der Waals surface area contributed by atoms with E-state index in [0.29, 0.717) is 11.3 Å². The smallest absolute Gasteiger partial charge is 0.333 e. The number of anilines is 1. The van der Waals surface area contributed by atoms with Gasteiger partial charge >= 0.3 is 12.0 Å². The molecule has 1 atom stereocenters. The third-order valence-electron chi connectivity index (χ3n) is 2.28. The van der Waals surface area contributed by atoms with Crippen LogP contribution in [0.4, 0.5) is 10.5 Å². The van der Waals surface area contributed by atoms with Crippen molar-refractivity contribution in [3.05, 3.63) is 36.4 Å². The molecule has 0 aliphatic carbocycles. The molecule has 0 heterocycles. The molecule has 0 saturated carbocycles. The van der Waals surface area contributed by atoms with Gasteiger partial charge in [0.25, 0.3) is 0 Å². The van der Waals surface area contributed by atoms with Crippen molar-refractivity contribution in [1.29, 1.82) is 0 Å². The van der Waals surface area contributed by atoms with E-state index in [1.807, 2.05) is 0 Å². The summed E-state index contributed by atoms with van der Waals surface area (Å²) < 4.78 is 24.4. The zero-order chi connectivity index (χ0) is 15.8. The van der Waals surface area contributed by atoms with E-state index in [-0.39, 0.29) is 18.0 Å². The summed E-state index contributed by atoms with van der Waals surface area (Å²) in [4.78, 5) is 22.8. The van der Waals surface area contributed by atoms with Crippen molar-refractivity contribution in [2.24, 2.45) is 0 Å². The van der Waals surface area contributed by atoms with Gasteiger partial charge in [-0.3, -0.25) is 0 Å². The summed E-state index contributed by atoms with van der Waals surface area (Å²) in [7, 11) is 0. The van der Waals surface area contributed by atoms with Crippen molar-refractivity contribution in [2.75, 3.05) is 18.5 Å². The van der Waals surface area contributed by atoms with Crippen LogP contribution in [-0.4, -0.2) is 33.9 Å². The second-order valence-corrected chi connectivity index (χ2v) is 5.04. The van der Waals surface area contributed by atoms with Gasteiger partial charge in [-0.25, -0.2) is 13.8 Å². The molecule has 0 saturated heterocycles. The van der Waals surface area contributed by atoms with Crippen molar-refractivity contribution < 1.29 is 23.1 Å². The predicted molar refractivity (Wildman–Crippen MR) is 78.3 cm³/mol. The van der Waals surface area contributed by atoms with Gasteiger partial charge in [-0.2, -0.15) is 0 Å². The Morgan fingerprint density at radius 3 is 2.48 bits per heavy atom. The van der Waals surface area contributed by atoms with Crippen LogP contribution >= 0.6 is 0 Å². The van der Waals surface area contributed by atoms with Crippen LogP contribution in [0.15, 0.2) is 41.3 Å². The lowest BCUT2D eigenvalue weighted by Crippen LogP contribution is -2.32. The van der Waals surface area contributed by atoms with Gasteiger partial charge in [-0.1, -0.05) is 6.58 Å². The Morgan fingerprint density at radius 1 is 1.33 bits per heavy atom. The molecule has 8 heteroatoms. The lowest BCUT2D eigenvalue weighted by molar-refractivity contribution is -0.138. The van der Waals surface area contributed by atoms with Crippen LogP contribution in [0.3, 0.4) is 0 Å². The molecule has 3 N–H and O–H groups in total. The first-order valence-electron chi connectivity index (χ1n) is 5.98. The minimum absolute atomic E-state index is 0.0432. The molecule has 0 fully saturated rings. The van der Waals surface area contributed by atoms with E-state index in [2.05, 4.69) is 17.2 Å². The standard InChI is InChI=1S/C13H16N2O5S/c1-9(2)12(16)20-8-7-14-13(17)15-10-3-5-11(6-4-10)21(18)19/h3-6H,1,7-8H2,2H3,(H,18,19)(H2,14,15,17). The SMILES string of the molecule is C=C(C)C(=O)OCCNC(=O)Nc1ccc(S(=O)O)cc1. The van der Waals surface area contributed by atoms with E-state index in [4.69, 9.17) is 9.29 Å². The number of urea groups is 1. The predicted octanol–water partition coefficient (Wildman–Crippen LogP) is 1.51. The second-order valence-electron chi connectivity index (χ2n) is 4.07. The first-order valence-corrected chi connectivity index (χ1v) is 7.09. The molecule has 0 spiro atoms. The Morgan fingerprint density at radius 2 is 1.95 bits per heavy atom. The van der Waals surface area contributed by atoms with E-state index >= 15 is 0 Å². The van der Waals surface area contributed by atoms with Crippen LogP contribution in [0.2, 0.25) is 0 Å². The Labute approximate surface area is 124 Å². The van der Waals surface area contributed by atoms with Crippen molar-refractivity contribution in [2.45, 2.75) is 11.8 Å². The Hall–Kier alpha value is -2.19. The summed E-state index contributed by atoms with van der Waals surface area (Å²) in [5, 5.41) is 5.03. The average molecular weight is 312 g/mol. The number of ether oxygens (including phenoxy) is 1. The maximum absolute atomic E-state index is 11.5. The lowest BCUT2D eigenvalue weighted by atomic mass is 10.3. The van der Waals surface area contributed by atoms with Gasteiger partial charge in [0, 0.05) is 11.3 Å². The molecule has 0 bridgehead atoms. The first kappa shape index (κ1) is 16.9. The number of carbonyl (C=O) groups is 2. The third kappa shape index (κ3) is 6.19. The van der Waals surface area contributed by atoms with Crippen LogP contribution in [0, 0.1) is 0 Å². The summed E-state index contributed by atoms with van der Waals surface area (Å²) in [6, 6.07) is 5.40. The number of carbonyl (C=O) groups excluding carboxylic acids is 2. The van der Waals surface area contributed by atoms with E-state index in [0.717, 1.165) is 0 Å². The maximum atomic E-state index is 11.5. The highest BCUT2D eigenvalue weighted by molar-refractivity contribution is 7.79. The number of rotatable bonds is 6. The van der Waals surface area contributed by atoms with Gasteiger partial charge < -0.3 is 19.9 Å². The molecule has 1 unspecified atom stereocenters.